The van der Waals surface area contributed by atoms with Crippen LogP contribution in [0.25, 0.3) is 0 Å². The first kappa shape index (κ1) is 20.4. The summed E-state index contributed by atoms with van der Waals surface area (Å²) in [6, 6.07) is 12.3. The number of methoxy groups -OCH3 is 1. The topological polar surface area (TPSA) is 66.9 Å². The molecule has 2 aliphatic heterocycles. The quantitative estimate of drug-likeness (QED) is 0.674. The summed E-state index contributed by atoms with van der Waals surface area (Å²) in [6.45, 7) is 1.30. The van der Waals surface area contributed by atoms with Gasteiger partial charge in [0, 0.05) is 29.8 Å². The minimum Gasteiger partial charge on any atom is -0.497 e. The van der Waals surface area contributed by atoms with Crippen LogP contribution < -0.4 is 9.64 Å². The third-order valence-corrected chi connectivity index (χ3v) is 8.01. The van der Waals surface area contributed by atoms with Gasteiger partial charge in [0.15, 0.2) is 0 Å². The number of ether oxygens (including phenoxy) is 1. The first-order valence-electron chi connectivity index (χ1n) is 9.64. The molecule has 1 unspecified atom stereocenters. The maximum Gasteiger partial charge on any atom is 0.243 e. The number of amides is 1. The highest BCUT2D eigenvalue weighted by Gasteiger charge is 2.37. The second-order valence-electron chi connectivity index (χ2n) is 7.39. The maximum atomic E-state index is 13.2. The largest absolute Gasteiger partial charge is 0.497 e. The smallest absolute Gasteiger partial charge is 0.243 e. The minimum atomic E-state index is -3.64. The van der Waals surface area contributed by atoms with E-state index in [-0.39, 0.29) is 23.3 Å². The number of hydrogen-bond donors (Lipinski definition) is 0. The number of benzene rings is 2. The molecule has 6 nitrogen and oxygen atoms in total. The Labute approximate surface area is 179 Å². The first-order chi connectivity index (χ1) is 13.9. The van der Waals surface area contributed by atoms with Crippen LogP contribution >= 0.6 is 15.9 Å². The summed E-state index contributed by atoms with van der Waals surface area (Å²) >= 11 is 3.47. The molecular formula is C21H23BrN2O4S. The van der Waals surface area contributed by atoms with Crippen molar-refractivity contribution in [3.8, 4) is 5.75 Å². The van der Waals surface area contributed by atoms with Crippen LogP contribution in [-0.2, 0) is 21.2 Å². The summed E-state index contributed by atoms with van der Waals surface area (Å²) in [7, 11) is -2.10. The molecule has 0 N–H and O–H groups in total. The van der Waals surface area contributed by atoms with Gasteiger partial charge in [-0.2, -0.15) is 4.31 Å². The SMILES string of the molecule is COc1ccc(S(=O)(=O)N2CCCC(C(=O)N3CCc4cc(Br)ccc43)C2)cc1. The van der Waals surface area contributed by atoms with E-state index < -0.39 is 10.0 Å². The fourth-order valence-electron chi connectivity index (χ4n) is 4.08. The number of carbonyl (C=O) groups excluding carboxylic acids is 1. The van der Waals surface area contributed by atoms with E-state index in [4.69, 9.17) is 4.74 Å². The summed E-state index contributed by atoms with van der Waals surface area (Å²) in [6.07, 6.45) is 2.20. The van der Waals surface area contributed by atoms with Crippen LogP contribution in [0.1, 0.15) is 18.4 Å². The van der Waals surface area contributed by atoms with Crippen molar-refractivity contribution < 1.29 is 17.9 Å². The van der Waals surface area contributed by atoms with E-state index in [0.29, 0.717) is 31.7 Å². The molecule has 1 atom stereocenters. The van der Waals surface area contributed by atoms with E-state index in [1.165, 1.54) is 4.31 Å². The first-order valence-corrected chi connectivity index (χ1v) is 11.9. The number of nitrogens with zero attached hydrogens (tertiary/aromatic N) is 2. The second kappa shape index (κ2) is 8.08. The summed E-state index contributed by atoms with van der Waals surface area (Å²) in [5, 5.41) is 0. The van der Waals surface area contributed by atoms with E-state index in [9.17, 15) is 13.2 Å². The van der Waals surface area contributed by atoms with Crippen molar-refractivity contribution in [2.45, 2.75) is 24.2 Å². The average Bonchev–Trinajstić information content (AvgIpc) is 3.16. The lowest BCUT2D eigenvalue weighted by Crippen LogP contribution is -2.46. The van der Waals surface area contributed by atoms with Crippen molar-refractivity contribution in [1.82, 2.24) is 4.31 Å². The third kappa shape index (κ3) is 3.93. The molecule has 1 saturated heterocycles. The molecule has 4 rings (SSSR count). The summed E-state index contributed by atoms with van der Waals surface area (Å²) < 4.78 is 33.7. The standard InChI is InChI=1S/C21H23BrN2O4S/c1-28-18-5-7-19(8-6-18)29(26,27)23-11-2-3-16(14-23)21(25)24-12-10-15-13-17(22)4-9-20(15)24/h4-9,13,16H,2-3,10-12,14H2,1H3. The fourth-order valence-corrected chi connectivity index (χ4v) is 6.01. The Morgan fingerprint density at radius 3 is 2.62 bits per heavy atom. The van der Waals surface area contributed by atoms with Crippen LogP contribution in [0.2, 0.25) is 0 Å². The summed E-state index contributed by atoms with van der Waals surface area (Å²) in [5.41, 5.74) is 2.08. The zero-order valence-corrected chi connectivity index (χ0v) is 18.6. The lowest BCUT2D eigenvalue weighted by atomic mass is 9.98. The van der Waals surface area contributed by atoms with Gasteiger partial charge in [-0.25, -0.2) is 8.42 Å². The number of sulfonamides is 1. The Bertz CT molecular complexity index is 1020. The molecule has 8 heteroatoms. The maximum absolute atomic E-state index is 13.2. The van der Waals surface area contributed by atoms with E-state index in [1.54, 1.807) is 31.4 Å². The number of hydrogen-bond acceptors (Lipinski definition) is 4. The Morgan fingerprint density at radius 2 is 1.90 bits per heavy atom. The van der Waals surface area contributed by atoms with Gasteiger partial charge in [0.1, 0.15) is 5.75 Å². The zero-order valence-electron chi connectivity index (χ0n) is 16.2. The molecule has 1 fully saturated rings. The fraction of sp³-hybridized carbons (Fsp3) is 0.381. The number of fused-ring (bicyclic) bond motifs is 1. The summed E-state index contributed by atoms with van der Waals surface area (Å²) in [4.78, 5) is 15.3. The molecule has 1 amide bonds. The van der Waals surface area contributed by atoms with E-state index in [2.05, 4.69) is 15.9 Å². The van der Waals surface area contributed by atoms with Crippen LogP contribution in [0.3, 0.4) is 0 Å². The molecule has 2 aliphatic rings. The van der Waals surface area contributed by atoms with Crippen molar-refractivity contribution in [2.75, 3.05) is 31.6 Å². The van der Waals surface area contributed by atoms with Crippen molar-refractivity contribution in [1.29, 1.82) is 0 Å². The van der Waals surface area contributed by atoms with E-state index in [1.807, 2.05) is 23.1 Å². The molecule has 154 valence electrons. The third-order valence-electron chi connectivity index (χ3n) is 5.63. The van der Waals surface area contributed by atoms with E-state index in [0.717, 1.165) is 22.1 Å². The van der Waals surface area contributed by atoms with Gasteiger partial charge < -0.3 is 9.64 Å². The summed E-state index contributed by atoms with van der Waals surface area (Å²) in [5.74, 6) is 0.294. The lowest BCUT2D eigenvalue weighted by molar-refractivity contribution is -0.123. The normalized spacial score (nSPS) is 19.8. The molecule has 2 aromatic carbocycles. The van der Waals surface area contributed by atoms with Gasteiger partial charge in [-0.1, -0.05) is 15.9 Å². The highest BCUT2D eigenvalue weighted by atomic mass is 79.9. The molecule has 0 bridgehead atoms. The van der Waals surface area contributed by atoms with Crippen molar-refractivity contribution in [2.24, 2.45) is 5.92 Å². The van der Waals surface area contributed by atoms with Gasteiger partial charge >= 0.3 is 0 Å². The zero-order chi connectivity index (χ0) is 20.6. The number of carbonyl (C=O) groups is 1. The van der Waals surface area contributed by atoms with Crippen molar-refractivity contribution in [3.63, 3.8) is 0 Å². The Hall–Kier alpha value is -1.90. The Morgan fingerprint density at radius 1 is 1.14 bits per heavy atom. The molecule has 0 saturated carbocycles. The molecule has 0 spiro atoms. The predicted molar refractivity (Wildman–Crippen MR) is 115 cm³/mol. The van der Waals surface area contributed by atoms with Crippen LogP contribution in [-0.4, -0.2) is 45.4 Å². The van der Waals surface area contributed by atoms with Crippen molar-refractivity contribution in [3.05, 3.63) is 52.5 Å². The average molecular weight is 479 g/mol. The minimum absolute atomic E-state index is 0.0145. The van der Waals surface area contributed by atoms with Crippen LogP contribution in [0.5, 0.6) is 5.75 Å². The number of piperidine rings is 1. The molecule has 2 aromatic rings. The van der Waals surface area contributed by atoms with Gasteiger partial charge in [-0.15, -0.1) is 0 Å². The van der Waals surface area contributed by atoms with Gasteiger partial charge in [-0.05, 0) is 67.3 Å². The Kier molecular flexibility index (Phi) is 5.68. The second-order valence-corrected chi connectivity index (χ2v) is 10.2. The molecule has 0 radical (unpaired) electrons. The van der Waals surface area contributed by atoms with Gasteiger partial charge in [-0.3, -0.25) is 4.79 Å². The van der Waals surface area contributed by atoms with Gasteiger partial charge in [0.2, 0.25) is 15.9 Å². The lowest BCUT2D eigenvalue weighted by Gasteiger charge is -2.33. The van der Waals surface area contributed by atoms with E-state index >= 15 is 0 Å². The highest BCUT2D eigenvalue weighted by molar-refractivity contribution is 9.10. The van der Waals surface area contributed by atoms with Gasteiger partial charge in [0.25, 0.3) is 0 Å². The number of halogens is 1. The molecule has 0 aliphatic carbocycles. The highest BCUT2D eigenvalue weighted by Crippen LogP contribution is 2.33. The Balaban J connectivity index is 1.52. The molecule has 2 heterocycles. The van der Waals surface area contributed by atoms with Crippen LogP contribution in [0.15, 0.2) is 51.8 Å². The van der Waals surface area contributed by atoms with Crippen molar-refractivity contribution >= 4 is 37.5 Å². The predicted octanol–water partition coefficient (Wildman–Crippen LogP) is 3.45. The monoisotopic (exact) mass is 478 g/mol. The molecule has 0 aromatic heterocycles. The molecular weight excluding hydrogens is 456 g/mol. The van der Waals surface area contributed by atoms with Gasteiger partial charge in [0.05, 0.1) is 17.9 Å². The van der Waals surface area contributed by atoms with Crippen LogP contribution in [0.4, 0.5) is 5.69 Å². The number of anilines is 1. The molecule has 29 heavy (non-hydrogen) atoms. The number of rotatable bonds is 4. The van der Waals surface area contributed by atoms with Crippen LogP contribution in [0, 0.1) is 5.92 Å².